The van der Waals surface area contributed by atoms with E-state index in [2.05, 4.69) is 0 Å². The van der Waals surface area contributed by atoms with Gasteiger partial charge in [0.25, 0.3) is 0 Å². The van der Waals surface area contributed by atoms with Crippen molar-refractivity contribution in [3.63, 3.8) is 0 Å². The van der Waals surface area contributed by atoms with E-state index in [0.717, 1.165) is 11.1 Å². The van der Waals surface area contributed by atoms with Gasteiger partial charge in [0.2, 0.25) is 23.6 Å². The molecule has 8 nitrogen and oxygen atoms in total. The van der Waals surface area contributed by atoms with E-state index in [0.29, 0.717) is 30.8 Å². The summed E-state index contributed by atoms with van der Waals surface area (Å²) in [5.74, 6) is -3.91. The Kier molecular flexibility index (Phi) is 6.82. The average molecular weight is 585 g/mol. The van der Waals surface area contributed by atoms with Crippen LogP contribution in [0.2, 0.25) is 0 Å². The van der Waals surface area contributed by atoms with Gasteiger partial charge in [-0.2, -0.15) is 0 Å². The number of likely N-dealkylation sites (tertiary alicyclic amines) is 2. The predicted octanol–water partition coefficient (Wildman–Crippen LogP) is 5.20. The van der Waals surface area contributed by atoms with Gasteiger partial charge in [-0.25, -0.2) is 0 Å². The predicted molar refractivity (Wildman–Crippen MR) is 160 cm³/mol. The van der Waals surface area contributed by atoms with Gasteiger partial charge in [-0.05, 0) is 71.9 Å². The third-order valence-corrected chi connectivity index (χ3v) is 9.58. The maximum absolute atomic E-state index is 14.1. The van der Waals surface area contributed by atoms with Crippen molar-refractivity contribution in [2.45, 2.75) is 78.0 Å². The zero-order valence-electron chi connectivity index (χ0n) is 25.7. The molecule has 0 bridgehead atoms. The number of amides is 4. The molecule has 0 radical (unpaired) electrons. The van der Waals surface area contributed by atoms with Gasteiger partial charge < -0.3 is 9.84 Å². The van der Waals surface area contributed by atoms with Crippen LogP contribution in [-0.4, -0.2) is 49.6 Å². The number of benzene rings is 2. The summed E-state index contributed by atoms with van der Waals surface area (Å²) in [6.07, 6.45) is 2.70. The largest absolute Gasteiger partial charge is 0.508 e. The van der Waals surface area contributed by atoms with E-state index in [9.17, 15) is 24.3 Å². The number of carbonyl (C=O) groups is 4. The number of fused-ring (bicyclic) bond motifs is 4. The second-order valence-corrected chi connectivity index (χ2v) is 14.4. The molecule has 1 saturated carbocycles. The molecular weight excluding hydrogens is 544 g/mol. The van der Waals surface area contributed by atoms with Gasteiger partial charge in [0.1, 0.15) is 18.1 Å². The number of imide groups is 2. The number of phenols is 1. The van der Waals surface area contributed by atoms with Crippen LogP contribution in [0.15, 0.2) is 60.2 Å². The number of aromatic hydroxyl groups is 1. The molecule has 4 amide bonds. The monoisotopic (exact) mass is 584 g/mol. The molecule has 43 heavy (non-hydrogen) atoms. The van der Waals surface area contributed by atoms with Crippen molar-refractivity contribution in [2.24, 2.45) is 29.6 Å². The second kappa shape index (κ2) is 10.1. The van der Waals surface area contributed by atoms with Crippen molar-refractivity contribution in [2.75, 3.05) is 0 Å². The lowest BCUT2D eigenvalue weighted by Crippen LogP contribution is -2.47. The van der Waals surface area contributed by atoms with Crippen molar-refractivity contribution in [3.8, 4) is 11.5 Å². The SMILES string of the molecule is CC(C)(C)N1C(=O)[C@H]2[C@H](CC=C3[C@H]2C[C@H]2C(=O)N(C(C)(C)C)C(=O)[C@H]2[C@H]3c2ccc(OCc3ccccc3)cc2O)C1=O. The lowest BCUT2D eigenvalue weighted by atomic mass is 9.57. The minimum atomic E-state index is -0.725. The number of ether oxygens (including phenoxy) is 1. The number of hydrogen-bond donors (Lipinski definition) is 1. The average Bonchev–Trinajstić information content (AvgIpc) is 3.35. The smallest absolute Gasteiger partial charge is 0.234 e. The van der Waals surface area contributed by atoms with E-state index in [1.54, 1.807) is 18.2 Å². The zero-order valence-corrected chi connectivity index (χ0v) is 25.7. The zero-order chi connectivity index (χ0) is 31.0. The molecule has 2 heterocycles. The van der Waals surface area contributed by atoms with Gasteiger partial charge in [-0.3, -0.25) is 29.0 Å². The molecule has 2 aromatic carbocycles. The molecule has 8 heteroatoms. The molecule has 0 aromatic heterocycles. The van der Waals surface area contributed by atoms with Gasteiger partial charge in [0.05, 0.1) is 23.7 Å². The van der Waals surface area contributed by atoms with E-state index in [4.69, 9.17) is 4.74 Å². The first-order valence-corrected chi connectivity index (χ1v) is 15.2. The fourth-order valence-electron chi connectivity index (χ4n) is 7.88. The molecule has 1 N–H and O–H groups in total. The minimum absolute atomic E-state index is 0.0300. The third kappa shape index (κ3) is 4.66. The Labute approximate surface area is 252 Å². The highest BCUT2D eigenvalue weighted by Gasteiger charge is 2.63. The molecule has 2 saturated heterocycles. The summed E-state index contributed by atoms with van der Waals surface area (Å²) in [5.41, 5.74) is 0.987. The Morgan fingerprint density at radius 2 is 1.37 bits per heavy atom. The normalized spacial score (nSPS) is 28.9. The summed E-state index contributed by atoms with van der Waals surface area (Å²) in [6, 6.07) is 14.8. The Hall–Kier alpha value is -3.94. The van der Waals surface area contributed by atoms with Crippen LogP contribution in [0, 0.1) is 29.6 Å². The molecule has 2 aliphatic carbocycles. The number of hydrogen-bond acceptors (Lipinski definition) is 6. The van der Waals surface area contributed by atoms with Gasteiger partial charge >= 0.3 is 0 Å². The molecular formula is C35H40N2O6. The summed E-state index contributed by atoms with van der Waals surface area (Å²) < 4.78 is 5.94. The molecule has 6 rings (SSSR count). The van der Waals surface area contributed by atoms with Crippen molar-refractivity contribution in [3.05, 3.63) is 71.3 Å². The molecule has 3 fully saturated rings. The topological polar surface area (TPSA) is 104 Å². The van der Waals surface area contributed by atoms with Crippen LogP contribution in [0.5, 0.6) is 11.5 Å². The Morgan fingerprint density at radius 1 is 0.767 bits per heavy atom. The highest BCUT2D eigenvalue weighted by atomic mass is 16.5. The van der Waals surface area contributed by atoms with E-state index in [1.807, 2.05) is 78.0 Å². The summed E-state index contributed by atoms with van der Waals surface area (Å²) in [4.78, 5) is 58.1. The number of nitrogens with zero attached hydrogens (tertiary/aromatic N) is 2. The second-order valence-electron chi connectivity index (χ2n) is 14.4. The highest BCUT2D eigenvalue weighted by Crippen LogP contribution is 2.59. The summed E-state index contributed by atoms with van der Waals surface area (Å²) in [7, 11) is 0. The molecule has 0 spiro atoms. The van der Waals surface area contributed by atoms with Gasteiger partial charge in [-0.15, -0.1) is 0 Å². The van der Waals surface area contributed by atoms with Crippen LogP contribution in [-0.2, 0) is 25.8 Å². The van der Waals surface area contributed by atoms with Crippen LogP contribution in [0.25, 0.3) is 0 Å². The molecule has 4 aliphatic rings. The van der Waals surface area contributed by atoms with Crippen molar-refractivity contribution < 1.29 is 29.0 Å². The van der Waals surface area contributed by atoms with Crippen LogP contribution >= 0.6 is 0 Å². The number of allylic oxidation sites excluding steroid dienone is 2. The van der Waals surface area contributed by atoms with Crippen molar-refractivity contribution in [1.82, 2.24) is 9.80 Å². The van der Waals surface area contributed by atoms with Gasteiger partial charge in [0, 0.05) is 28.6 Å². The van der Waals surface area contributed by atoms with Crippen LogP contribution in [0.4, 0.5) is 0 Å². The maximum Gasteiger partial charge on any atom is 0.234 e. The Balaban J connectivity index is 1.41. The summed E-state index contributed by atoms with van der Waals surface area (Å²) in [6.45, 7) is 11.4. The first-order valence-electron chi connectivity index (χ1n) is 15.2. The molecule has 6 atom stereocenters. The van der Waals surface area contributed by atoms with E-state index >= 15 is 0 Å². The lowest BCUT2D eigenvalue weighted by Gasteiger charge is -2.44. The molecule has 226 valence electrons. The Bertz CT molecular complexity index is 1530. The minimum Gasteiger partial charge on any atom is -0.508 e. The summed E-state index contributed by atoms with van der Waals surface area (Å²) >= 11 is 0. The van der Waals surface area contributed by atoms with Crippen LogP contribution < -0.4 is 4.74 Å². The summed E-state index contributed by atoms with van der Waals surface area (Å²) in [5, 5.41) is 11.4. The Morgan fingerprint density at radius 3 is 1.98 bits per heavy atom. The quantitative estimate of drug-likeness (QED) is 0.391. The third-order valence-electron chi connectivity index (χ3n) is 9.58. The first-order chi connectivity index (χ1) is 20.2. The fraction of sp³-hybridized carbons (Fsp3) is 0.486. The first kappa shape index (κ1) is 29.1. The fourth-order valence-corrected chi connectivity index (χ4v) is 7.88. The molecule has 2 aliphatic heterocycles. The maximum atomic E-state index is 14.1. The highest BCUT2D eigenvalue weighted by molar-refractivity contribution is 6.08. The standard InChI is InChI=1S/C35H40N2O6/c1-34(2,3)36-30(39)23-15-14-21-24(28(23)32(36)41)17-25-29(33(42)37(31(25)40)35(4,5)6)27(21)22-13-12-20(16-26(22)38)43-18-19-10-8-7-9-11-19/h7-14,16,23-25,27-29,38H,15,17-18H2,1-6H3/t23-,24+,25+,27+,28-,29+/m0/s1. The van der Waals surface area contributed by atoms with Crippen molar-refractivity contribution in [1.29, 1.82) is 0 Å². The molecule has 0 unspecified atom stereocenters. The van der Waals surface area contributed by atoms with Gasteiger partial charge in [0.15, 0.2) is 0 Å². The number of carbonyl (C=O) groups excluding carboxylic acids is 4. The van der Waals surface area contributed by atoms with E-state index in [-0.39, 0.29) is 35.3 Å². The van der Waals surface area contributed by atoms with Crippen molar-refractivity contribution >= 4 is 23.6 Å². The van der Waals surface area contributed by atoms with E-state index < -0.39 is 40.7 Å². The molecule has 2 aromatic rings. The van der Waals surface area contributed by atoms with Crippen LogP contribution in [0.3, 0.4) is 0 Å². The van der Waals surface area contributed by atoms with Crippen LogP contribution in [0.1, 0.15) is 71.4 Å². The lowest BCUT2D eigenvalue weighted by molar-refractivity contribution is -0.147. The number of phenolic OH excluding ortho intramolecular Hbond substituents is 1. The van der Waals surface area contributed by atoms with E-state index in [1.165, 1.54) is 9.80 Å². The van der Waals surface area contributed by atoms with Gasteiger partial charge in [-0.1, -0.05) is 48.0 Å². The number of rotatable bonds is 4.